The van der Waals surface area contributed by atoms with E-state index in [1.807, 2.05) is 44.2 Å². The average Bonchev–Trinajstić information content (AvgIpc) is 3.06. The van der Waals surface area contributed by atoms with Gasteiger partial charge in [0.15, 0.2) is 0 Å². The van der Waals surface area contributed by atoms with Crippen molar-refractivity contribution in [1.82, 2.24) is 0 Å². The second-order valence-corrected chi connectivity index (χ2v) is 9.37. The summed E-state index contributed by atoms with van der Waals surface area (Å²) in [5.41, 5.74) is 3.87. The quantitative estimate of drug-likeness (QED) is 0.287. The number of hydrogen-bond donors (Lipinski definition) is 2. The maximum Gasteiger partial charge on any atom is 0.341 e. The number of thiophene rings is 1. The molecule has 0 aliphatic carbocycles. The van der Waals surface area contributed by atoms with Crippen molar-refractivity contribution < 1.29 is 19.1 Å². The highest BCUT2D eigenvalue weighted by Gasteiger charge is 2.27. The van der Waals surface area contributed by atoms with Crippen LogP contribution in [0, 0.1) is 24.3 Å². The molecule has 166 valence electrons. The van der Waals surface area contributed by atoms with Crippen molar-refractivity contribution in [2.45, 2.75) is 27.7 Å². The van der Waals surface area contributed by atoms with Crippen LogP contribution in [0.15, 0.2) is 42.5 Å². The van der Waals surface area contributed by atoms with Crippen LogP contribution in [-0.4, -0.2) is 24.4 Å². The molecule has 2 aromatic carbocycles. The molecule has 32 heavy (non-hydrogen) atoms. The molecular formula is C24H23IN2O4S. The summed E-state index contributed by atoms with van der Waals surface area (Å²) in [6, 6.07) is 12.9. The first kappa shape index (κ1) is 23.9. The molecule has 0 aliphatic rings. The largest absolute Gasteiger partial charge is 0.462 e. The summed E-state index contributed by atoms with van der Waals surface area (Å²) < 4.78 is 5.97. The summed E-state index contributed by atoms with van der Waals surface area (Å²) in [6.07, 6.45) is 0. The van der Waals surface area contributed by atoms with Crippen molar-refractivity contribution in [3.63, 3.8) is 0 Å². The highest BCUT2D eigenvalue weighted by atomic mass is 127. The molecule has 0 saturated carbocycles. The van der Waals surface area contributed by atoms with Crippen LogP contribution >= 0.6 is 33.9 Å². The second-order valence-electron chi connectivity index (χ2n) is 7.19. The summed E-state index contributed by atoms with van der Waals surface area (Å²) >= 11 is 3.14. The lowest BCUT2D eigenvalue weighted by atomic mass is 10.1. The van der Waals surface area contributed by atoms with Gasteiger partial charge >= 0.3 is 5.97 Å². The van der Waals surface area contributed by atoms with Crippen molar-refractivity contribution in [3.8, 4) is 0 Å². The van der Waals surface area contributed by atoms with E-state index >= 15 is 0 Å². The van der Waals surface area contributed by atoms with Gasteiger partial charge in [0.2, 0.25) is 0 Å². The van der Waals surface area contributed by atoms with E-state index in [1.165, 1.54) is 0 Å². The number of anilines is 2. The van der Waals surface area contributed by atoms with Gasteiger partial charge in [-0.1, -0.05) is 29.8 Å². The molecule has 6 nitrogen and oxygen atoms in total. The van der Waals surface area contributed by atoms with Gasteiger partial charge in [-0.05, 0) is 79.6 Å². The van der Waals surface area contributed by atoms with Crippen LogP contribution in [0.4, 0.5) is 10.7 Å². The Labute approximate surface area is 204 Å². The number of rotatable bonds is 6. The van der Waals surface area contributed by atoms with Crippen LogP contribution in [0.1, 0.15) is 54.0 Å². The van der Waals surface area contributed by atoms with Gasteiger partial charge in [-0.2, -0.15) is 0 Å². The molecule has 3 rings (SSSR count). The van der Waals surface area contributed by atoms with E-state index in [4.69, 9.17) is 4.74 Å². The first-order chi connectivity index (χ1) is 15.2. The number of halogens is 1. The Bertz CT molecular complexity index is 1200. The fourth-order valence-corrected chi connectivity index (χ4v) is 4.93. The summed E-state index contributed by atoms with van der Waals surface area (Å²) in [4.78, 5) is 38.9. The van der Waals surface area contributed by atoms with E-state index in [-0.39, 0.29) is 29.0 Å². The van der Waals surface area contributed by atoms with Crippen molar-refractivity contribution in [1.29, 1.82) is 0 Å². The summed E-state index contributed by atoms with van der Waals surface area (Å²) in [5, 5.41) is 5.99. The lowest BCUT2D eigenvalue weighted by Crippen LogP contribution is -2.16. The summed E-state index contributed by atoms with van der Waals surface area (Å²) in [6.45, 7) is 7.47. The lowest BCUT2D eigenvalue weighted by Gasteiger charge is -2.09. The Kier molecular flexibility index (Phi) is 7.68. The smallest absolute Gasteiger partial charge is 0.341 e. The fourth-order valence-electron chi connectivity index (χ4n) is 3.22. The van der Waals surface area contributed by atoms with Gasteiger partial charge in [-0.25, -0.2) is 4.79 Å². The molecule has 2 N–H and O–H groups in total. The van der Waals surface area contributed by atoms with E-state index in [0.29, 0.717) is 21.7 Å². The Morgan fingerprint density at radius 3 is 2.38 bits per heavy atom. The van der Waals surface area contributed by atoms with Crippen LogP contribution in [0.5, 0.6) is 0 Å². The van der Waals surface area contributed by atoms with Crippen molar-refractivity contribution in [2.24, 2.45) is 0 Å². The number of carbonyl (C=O) groups is 3. The van der Waals surface area contributed by atoms with Gasteiger partial charge < -0.3 is 15.4 Å². The predicted molar refractivity (Wildman–Crippen MR) is 136 cm³/mol. The molecule has 2 amide bonds. The van der Waals surface area contributed by atoms with Crippen molar-refractivity contribution in [2.75, 3.05) is 17.2 Å². The number of nitrogens with one attached hydrogen (secondary N) is 2. The number of esters is 1. The molecule has 0 spiro atoms. The van der Waals surface area contributed by atoms with Crippen LogP contribution in [0.25, 0.3) is 0 Å². The SMILES string of the molecule is CCOC(=O)c1c(NC(=O)c2ccccc2I)sc(C(=O)Nc2ccc(C)cc2C)c1C. The number of ether oxygens (including phenoxy) is 1. The van der Waals surface area contributed by atoms with Gasteiger partial charge in [-0.3, -0.25) is 9.59 Å². The second kappa shape index (κ2) is 10.3. The van der Waals surface area contributed by atoms with Crippen LogP contribution < -0.4 is 10.6 Å². The molecule has 8 heteroatoms. The average molecular weight is 562 g/mol. The molecule has 0 radical (unpaired) electrons. The van der Waals surface area contributed by atoms with Crippen LogP contribution in [0.3, 0.4) is 0 Å². The molecule has 0 atom stereocenters. The standard InChI is InChI=1S/C24H23IN2O4S/c1-5-31-24(30)19-15(4)20(22(29)26-18-11-10-13(2)12-14(18)3)32-23(19)27-21(28)16-8-6-7-9-17(16)25/h6-12H,5H2,1-4H3,(H,26,29)(H,27,28). The van der Waals surface area contributed by atoms with E-state index < -0.39 is 5.97 Å². The predicted octanol–water partition coefficient (Wildman–Crippen LogP) is 5.96. The van der Waals surface area contributed by atoms with Gasteiger partial charge in [0.1, 0.15) is 5.00 Å². The zero-order valence-corrected chi connectivity index (χ0v) is 21.1. The molecule has 0 unspecified atom stereocenters. The monoisotopic (exact) mass is 562 g/mol. The normalized spacial score (nSPS) is 10.5. The molecule has 0 saturated heterocycles. The maximum absolute atomic E-state index is 13.1. The molecule has 3 aromatic rings. The zero-order valence-electron chi connectivity index (χ0n) is 18.2. The molecule has 1 aromatic heterocycles. The maximum atomic E-state index is 13.1. The third-order valence-electron chi connectivity index (χ3n) is 4.81. The Morgan fingerprint density at radius 1 is 1.00 bits per heavy atom. The number of carbonyl (C=O) groups excluding carboxylic acids is 3. The number of benzene rings is 2. The number of hydrogen-bond acceptors (Lipinski definition) is 5. The third kappa shape index (κ3) is 5.18. The molecule has 0 fully saturated rings. The minimum atomic E-state index is -0.579. The molecule has 1 heterocycles. The van der Waals surface area contributed by atoms with E-state index in [2.05, 4.69) is 33.2 Å². The van der Waals surface area contributed by atoms with Crippen molar-refractivity contribution in [3.05, 3.63) is 78.7 Å². The third-order valence-corrected chi connectivity index (χ3v) is 6.95. The summed E-state index contributed by atoms with van der Waals surface area (Å²) in [7, 11) is 0. The zero-order chi connectivity index (χ0) is 23.4. The number of aryl methyl sites for hydroxylation is 2. The van der Waals surface area contributed by atoms with Gasteiger partial charge in [0.05, 0.1) is 22.6 Å². The molecule has 0 bridgehead atoms. The fraction of sp³-hybridized carbons (Fsp3) is 0.208. The van der Waals surface area contributed by atoms with E-state index in [9.17, 15) is 14.4 Å². The lowest BCUT2D eigenvalue weighted by molar-refractivity contribution is 0.0527. The highest BCUT2D eigenvalue weighted by Crippen LogP contribution is 2.35. The van der Waals surface area contributed by atoms with Gasteiger partial charge in [0.25, 0.3) is 11.8 Å². The Hall–Kier alpha value is -2.72. The van der Waals surface area contributed by atoms with Crippen molar-refractivity contribution >= 4 is 62.4 Å². The van der Waals surface area contributed by atoms with Gasteiger partial charge in [-0.15, -0.1) is 11.3 Å². The first-order valence-corrected chi connectivity index (χ1v) is 11.9. The summed E-state index contributed by atoms with van der Waals surface area (Å²) in [5.74, 6) is -1.28. The van der Waals surface area contributed by atoms with Crippen LogP contribution in [-0.2, 0) is 4.74 Å². The minimum absolute atomic E-state index is 0.183. The minimum Gasteiger partial charge on any atom is -0.462 e. The Morgan fingerprint density at radius 2 is 1.72 bits per heavy atom. The molecular weight excluding hydrogens is 539 g/mol. The molecule has 0 aliphatic heterocycles. The topological polar surface area (TPSA) is 84.5 Å². The van der Waals surface area contributed by atoms with E-state index in [1.54, 1.807) is 26.0 Å². The van der Waals surface area contributed by atoms with Gasteiger partial charge in [0, 0.05) is 9.26 Å². The first-order valence-electron chi connectivity index (χ1n) is 9.97. The Balaban J connectivity index is 1.97. The van der Waals surface area contributed by atoms with Crippen LogP contribution in [0.2, 0.25) is 0 Å². The van der Waals surface area contributed by atoms with E-state index in [0.717, 1.165) is 26.0 Å². The highest BCUT2D eigenvalue weighted by molar-refractivity contribution is 14.1. The number of amides is 2.